The van der Waals surface area contributed by atoms with Crippen molar-refractivity contribution in [2.75, 3.05) is 19.8 Å². The molecule has 0 aliphatic carbocycles. The van der Waals surface area contributed by atoms with Crippen molar-refractivity contribution < 1.29 is 14.3 Å². The number of aryl methyl sites for hydroxylation is 1. The first-order valence-electron chi connectivity index (χ1n) is 7.88. The number of halogens is 1. The van der Waals surface area contributed by atoms with Gasteiger partial charge in [0.25, 0.3) is 0 Å². The summed E-state index contributed by atoms with van der Waals surface area (Å²) in [6.45, 7) is 8.64. The van der Waals surface area contributed by atoms with E-state index in [2.05, 4.69) is 10.6 Å². The number of hydrogen-bond donors (Lipinski definition) is 2. The molecule has 1 amide bonds. The fourth-order valence-electron chi connectivity index (χ4n) is 2.41. The van der Waals surface area contributed by atoms with Gasteiger partial charge in [-0.2, -0.15) is 0 Å². The van der Waals surface area contributed by atoms with E-state index in [-0.39, 0.29) is 30.5 Å². The summed E-state index contributed by atoms with van der Waals surface area (Å²) in [7, 11) is 0. The molecule has 0 bridgehead atoms. The number of ether oxygens (including phenoxy) is 2. The quantitative estimate of drug-likeness (QED) is 0.832. The number of carbonyl (C=O) groups excluding carboxylic acids is 1. The first-order valence-corrected chi connectivity index (χ1v) is 7.88. The Morgan fingerprint density at radius 1 is 1.48 bits per heavy atom. The predicted molar refractivity (Wildman–Crippen MR) is 93.3 cm³/mol. The summed E-state index contributed by atoms with van der Waals surface area (Å²) in [5.41, 5.74) is 2.15. The summed E-state index contributed by atoms with van der Waals surface area (Å²) in [6, 6.07) is 6.16. The third kappa shape index (κ3) is 6.77. The first kappa shape index (κ1) is 19.7. The minimum absolute atomic E-state index is 0. The molecule has 0 radical (unpaired) electrons. The van der Waals surface area contributed by atoms with Crippen LogP contribution in [0.4, 0.5) is 0 Å². The van der Waals surface area contributed by atoms with Gasteiger partial charge >= 0.3 is 0 Å². The molecule has 2 rings (SSSR count). The maximum Gasteiger partial charge on any atom is 0.221 e. The van der Waals surface area contributed by atoms with Crippen molar-refractivity contribution in [3.63, 3.8) is 0 Å². The van der Waals surface area contributed by atoms with Gasteiger partial charge in [0.2, 0.25) is 5.91 Å². The van der Waals surface area contributed by atoms with E-state index in [1.807, 2.05) is 39.0 Å². The number of nitrogens with one attached hydrogen (secondary N) is 2. The Labute approximate surface area is 144 Å². The maximum atomic E-state index is 12.0. The van der Waals surface area contributed by atoms with Crippen LogP contribution in [0.2, 0.25) is 0 Å². The highest BCUT2D eigenvalue weighted by Crippen LogP contribution is 2.21. The Hall–Kier alpha value is -1.30. The summed E-state index contributed by atoms with van der Waals surface area (Å²) in [6.07, 6.45) is 0.548. The fourth-order valence-corrected chi connectivity index (χ4v) is 2.41. The smallest absolute Gasteiger partial charge is 0.221 e. The van der Waals surface area contributed by atoms with Gasteiger partial charge < -0.3 is 20.1 Å². The lowest BCUT2D eigenvalue weighted by atomic mass is 10.1. The second kappa shape index (κ2) is 9.75. The highest BCUT2D eigenvalue weighted by atomic mass is 35.5. The summed E-state index contributed by atoms with van der Waals surface area (Å²) in [4.78, 5) is 12.0. The van der Waals surface area contributed by atoms with Crippen LogP contribution in [0.3, 0.4) is 0 Å². The van der Waals surface area contributed by atoms with E-state index < -0.39 is 0 Å². The van der Waals surface area contributed by atoms with Crippen LogP contribution in [0, 0.1) is 6.92 Å². The van der Waals surface area contributed by atoms with Gasteiger partial charge in [0.05, 0.1) is 19.3 Å². The minimum Gasteiger partial charge on any atom is -0.491 e. The lowest BCUT2D eigenvalue weighted by Gasteiger charge is -2.23. The zero-order chi connectivity index (χ0) is 15.9. The molecule has 130 valence electrons. The van der Waals surface area contributed by atoms with Gasteiger partial charge in [0.1, 0.15) is 5.75 Å². The van der Waals surface area contributed by atoms with Crippen LogP contribution in [0.15, 0.2) is 18.2 Å². The van der Waals surface area contributed by atoms with Crippen LogP contribution in [0.1, 0.15) is 31.4 Å². The van der Waals surface area contributed by atoms with Gasteiger partial charge in [-0.3, -0.25) is 4.79 Å². The monoisotopic (exact) mass is 342 g/mol. The molecule has 1 aliphatic heterocycles. The molecule has 0 spiro atoms. The molecule has 1 aliphatic rings. The molecular formula is C17H27ClN2O3. The zero-order valence-electron chi connectivity index (χ0n) is 14.1. The average molecular weight is 343 g/mol. The van der Waals surface area contributed by atoms with Crippen molar-refractivity contribution in [1.82, 2.24) is 10.6 Å². The third-order valence-corrected chi connectivity index (χ3v) is 3.49. The second-order valence-corrected chi connectivity index (χ2v) is 5.98. The summed E-state index contributed by atoms with van der Waals surface area (Å²) in [5, 5.41) is 6.25. The van der Waals surface area contributed by atoms with Crippen LogP contribution in [0.25, 0.3) is 0 Å². The Bertz CT molecular complexity index is 503. The second-order valence-electron chi connectivity index (χ2n) is 5.98. The number of amides is 1. The molecular weight excluding hydrogens is 316 g/mol. The van der Waals surface area contributed by atoms with Gasteiger partial charge in [-0.25, -0.2) is 0 Å². The Morgan fingerprint density at radius 2 is 2.26 bits per heavy atom. The molecule has 1 atom stereocenters. The molecule has 6 heteroatoms. The molecule has 1 saturated heterocycles. The van der Waals surface area contributed by atoms with Gasteiger partial charge in [0, 0.05) is 31.1 Å². The number of hydrogen-bond acceptors (Lipinski definition) is 4. The van der Waals surface area contributed by atoms with Crippen LogP contribution in [-0.2, 0) is 16.1 Å². The topological polar surface area (TPSA) is 59.6 Å². The Balaban J connectivity index is 0.00000264. The highest BCUT2D eigenvalue weighted by Gasteiger charge is 2.17. The van der Waals surface area contributed by atoms with E-state index in [0.29, 0.717) is 19.6 Å². The SMILES string of the molecule is Cc1ccc(CNC(=O)CC2COCCN2)c(OC(C)C)c1.Cl. The largest absolute Gasteiger partial charge is 0.491 e. The van der Waals surface area contributed by atoms with E-state index in [9.17, 15) is 4.79 Å². The molecule has 2 N–H and O–H groups in total. The number of benzene rings is 1. The third-order valence-electron chi connectivity index (χ3n) is 3.49. The molecule has 1 aromatic carbocycles. The Morgan fingerprint density at radius 3 is 2.91 bits per heavy atom. The molecule has 0 aromatic heterocycles. The number of rotatable bonds is 6. The lowest BCUT2D eigenvalue weighted by molar-refractivity contribution is -0.122. The van der Waals surface area contributed by atoms with Crippen molar-refractivity contribution in [2.24, 2.45) is 0 Å². The van der Waals surface area contributed by atoms with Crippen LogP contribution < -0.4 is 15.4 Å². The van der Waals surface area contributed by atoms with Gasteiger partial charge in [-0.05, 0) is 32.4 Å². The van der Waals surface area contributed by atoms with Gasteiger partial charge in [-0.15, -0.1) is 12.4 Å². The first-order chi connectivity index (χ1) is 10.5. The molecule has 1 fully saturated rings. The average Bonchev–Trinajstić information content (AvgIpc) is 2.47. The molecule has 23 heavy (non-hydrogen) atoms. The summed E-state index contributed by atoms with van der Waals surface area (Å²) < 4.78 is 11.2. The van der Waals surface area contributed by atoms with Crippen molar-refractivity contribution in [3.8, 4) is 5.75 Å². The standard InChI is InChI=1S/C17H26N2O3.ClH/c1-12(2)22-16-8-13(3)4-5-14(16)10-19-17(20)9-15-11-21-7-6-18-15;/h4-5,8,12,15,18H,6-7,9-11H2,1-3H3,(H,19,20);1H. The minimum atomic E-state index is 0. The van der Waals surface area contributed by atoms with E-state index in [1.165, 1.54) is 0 Å². The van der Waals surface area contributed by atoms with Crippen molar-refractivity contribution in [1.29, 1.82) is 0 Å². The summed E-state index contributed by atoms with van der Waals surface area (Å²) >= 11 is 0. The molecule has 0 saturated carbocycles. The van der Waals surface area contributed by atoms with Crippen LogP contribution in [0.5, 0.6) is 5.75 Å². The van der Waals surface area contributed by atoms with Crippen LogP contribution >= 0.6 is 12.4 Å². The maximum absolute atomic E-state index is 12.0. The molecule has 1 heterocycles. The highest BCUT2D eigenvalue weighted by molar-refractivity contribution is 5.85. The molecule has 5 nitrogen and oxygen atoms in total. The van der Waals surface area contributed by atoms with Crippen molar-refractivity contribution >= 4 is 18.3 Å². The molecule has 1 unspecified atom stereocenters. The normalized spacial score (nSPS) is 17.5. The van der Waals surface area contributed by atoms with E-state index in [1.54, 1.807) is 0 Å². The van der Waals surface area contributed by atoms with E-state index in [0.717, 1.165) is 30.0 Å². The van der Waals surface area contributed by atoms with Gasteiger partial charge in [0.15, 0.2) is 0 Å². The molecule has 1 aromatic rings. The Kier molecular flexibility index (Phi) is 8.37. The number of carbonyl (C=O) groups is 1. The van der Waals surface area contributed by atoms with Crippen LogP contribution in [-0.4, -0.2) is 37.8 Å². The predicted octanol–water partition coefficient (Wildman–Crippen LogP) is 2.20. The zero-order valence-corrected chi connectivity index (χ0v) is 14.9. The summed E-state index contributed by atoms with van der Waals surface area (Å²) in [5.74, 6) is 0.869. The fraction of sp³-hybridized carbons (Fsp3) is 0.588. The van der Waals surface area contributed by atoms with Crippen molar-refractivity contribution in [2.45, 2.75) is 45.9 Å². The van der Waals surface area contributed by atoms with Gasteiger partial charge in [-0.1, -0.05) is 12.1 Å². The van der Waals surface area contributed by atoms with E-state index >= 15 is 0 Å². The number of morpholine rings is 1. The van der Waals surface area contributed by atoms with Crippen molar-refractivity contribution in [3.05, 3.63) is 29.3 Å². The lowest BCUT2D eigenvalue weighted by Crippen LogP contribution is -2.44. The van der Waals surface area contributed by atoms with E-state index in [4.69, 9.17) is 9.47 Å².